The van der Waals surface area contributed by atoms with Gasteiger partial charge in [0.2, 0.25) is 0 Å². The molecule has 0 aromatic heterocycles. The number of ether oxygens (including phenoxy) is 2. The first-order chi connectivity index (χ1) is 8.08. The molecule has 0 aliphatic heterocycles. The molecule has 1 aromatic rings. The van der Waals surface area contributed by atoms with Gasteiger partial charge in [0.1, 0.15) is 12.7 Å². The number of hydrogen-bond acceptors (Lipinski definition) is 6. The Morgan fingerprint density at radius 3 is 2.76 bits per heavy atom. The van der Waals surface area contributed by atoms with Crippen molar-refractivity contribution in [2.75, 3.05) is 20.3 Å². The summed E-state index contributed by atoms with van der Waals surface area (Å²) in [5.74, 6) is 0.564. The Hall–Kier alpha value is -1.86. The van der Waals surface area contributed by atoms with Gasteiger partial charge < -0.3 is 20.3 Å². The summed E-state index contributed by atoms with van der Waals surface area (Å²) in [6.45, 7) is 0.0833. The van der Waals surface area contributed by atoms with Crippen molar-refractivity contribution < 1.29 is 19.5 Å². The average Bonchev–Trinajstić information content (AvgIpc) is 2.35. The molecule has 1 atom stereocenters. The lowest BCUT2D eigenvalue weighted by molar-refractivity contribution is -0.384. The Kier molecular flexibility index (Phi) is 4.68. The van der Waals surface area contributed by atoms with E-state index in [0.29, 0.717) is 5.75 Å². The highest BCUT2D eigenvalue weighted by molar-refractivity contribution is 5.48. The molecule has 0 aliphatic rings. The van der Waals surface area contributed by atoms with Gasteiger partial charge in [-0.2, -0.15) is 0 Å². The van der Waals surface area contributed by atoms with Gasteiger partial charge in [-0.1, -0.05) is 0 Å². The maximum Gasteiger partial charge on any atom is 0.273 e. The number of aliphatic hydroxyl groups is 1. The van der Waals surface area contributed by atoms with E-state index in [-0.39, 0.29) is 24.6 Å². The molecule has 0 unspecified atom stereocenters. The number of rotatable bonds is 6. The average molecular weight is 242 g/mol. The third-order valence-electron chi connectivity index (χ3n) is 2.06. The van der Waals surface area contributed by atoms with Crippen LogP contribution >= 0.6 is 0 Å². The zero-order valence-electron chi connectivity index (χ0n) is 9.33. The Morgan fingerprint density at radius 2 is 2.24 bits per heavy atom. The van der Waals surface area contributed by atoms with Crippen molar-refractivity contribution in [2.45, 2.75) is 6.10 Å². The van der Waals surface area contributed by atoms with Crippen LogP contribution in [0.15, 0.2) is 18.2 Å². The van der Waals surface area contributed by atoms with Gasteiger partial charge in [-0.15, -0.1) is 0 Å². The molecule has 94 valence electrons. The highest BCUT2D eigenvalue weighted by Crippen LogP contribution is 2.31. The molecule has 0 fully saturated rings. The standard InChI is InChI=1S/C10H14N2O5/c1-16-10-4-7(12(14)15)2-3-9(10)17-6-8(13)5-11/h2-4,8,13H,5-6,11H2,1H3/t8-/m0/s1. The fourth-order valence-electron chi connectivity index (χ4n) is 1.14. The molecule has 1 aromatic carbocycles. The molecule has 0 radical (unpaired) electrons. The molecule has 0 aliphatic carbocycles. The van der Waals surface area contributed by atoms with Gasteiger partial charge in [0.15, 0.2) is 11.5 Å². The van der Waals surface area contributed by atoms with Crippen LogP contribution in [0.3, 0.4) is 0 Å². The summed E-state index contributed by atoms with van der Waals surface area (Å²) in [5, 5.41) is 19.8. The topological polar surface area (TPSA) is 108 Å². The third kappa shape index (κ3) is 3.58. The highest BCUT2D eigenvalue weighted by Gasteiger charge is 2.13. The molecular formula is C10H14N2O5. The summed E-state index contributed by atoms with van der Waals surface area (Å²) in [6.07, 6.45) is -0.783. The number of methoxy groups -OCH3 is 1. The van der Waals surface area contributed by atoms with E-state index in [0.717, 1.165) is 0 Å². The summed E-state index contributed by atoms with van der Waals surface area (Å²) in [6, 6.07) is 3.97. The smallest absolute Gasteiger partial charge is 0.273 e. The molecule has 0 saturated heterocycles. The predicted octanol–water partition coefficient (Wildman–Crippen LogP) is 0.302. The minimum Gasteiger partial charge on any atom is -0.493 e. The fraction of sp³-hybridized carbons (Fsp3) is 0.400. The zero-order valence-corrected chi connectivity index (χ0v) is 9.33. The first-order valence-corrected chi connectivity index (χ1v) is 4.91. The normalized spacial score (nSPS) is 11.9. The summed E-state index contributed by atoms with van der Waals surface area (Å²) >= 11 is 0. The number of nitro groups is 1. The molecule has 0 heterocycles. The van der Waals surface area contributed by atoms with E-state index < -0.39 is 11.0 Å². The number of aliphatic hydroxyl groups excluding tert-OH is 1. The lowest BCUT2D eigenvalue weighted by atomic mass is 10.3. The van der Waals surface area contributed by atoms with E-state index in [1.54, 1.807) is 0 Å². The second-order valence-electron chi connectivity index (χ2n) is 3.29. The van der Waals surface area contributed by atoms with Crippen molar-refractivity contribution in [3.05, 3.63) is 28.3 Å². The fourth-order valence-corrected chi connectivity index (χ4v) is 1.14. The van der Waals surface area contributed by atoms with Crippen LogP contribution < -0.4 is 15.2 Å². The van der Waals surface area contributed by atoms with Crippen LogP contribution in [-0.2, 0) is 0 Å². The van der Waals surface area contributed by atoms with Crippen molar-refractivity contribution in [3.8, 4) is 11.5 Å². The second-order valence-corrected chi connectivity index (χ2v) is 3.29. The van der Waals surface area contributed by atoms with Crippen LogP contribution in [0.1, 0.15) is 0 Å². The van der Waals surface area contributed by atoms with E-state index >= 15 is 0 Å². The first kappa shape index (κ1) is 13.2. The van der Waals surface area contributed by atoms with Gasteiger partial charge in [-0.25, -0.2) is 0 Å². The van der Waals surface area contributed by atoms with Crippen LogP contribution in [-0.4, -0.2) is 36.4 Å². The molecule has 0 amide bonds. The molecule has 7 nitrogen and oxygen atoms in total. The number of hydrogen-bond donors (Lipinski definition) is 2. The highest BCUT2D eigenvalue weighted by atomic mass is 16.6. The molecule has 7 heteroatoms. The van der Waals surface area contributed by atoms with Crippen molar-refractivity contribution in [1.82, 2.24) is 0 Å². The second kappa shape index (κ2) is 6.02. The SMILES string of the molecule is COc1cc([N+](=O)[O-])ccc1OC[C@@H](O)CN. The summed E-state index contributed by atoms with van der Waals surface area (Å²) in [7, 11) is 1.38. The quantitative estimate of drug-likeness (QED) is 0.548. The number of non-ortho nitro benzene ring substituents is 1. The van der Waals surface area contributed by atoms with Gasteiger partial charge >= 0.3 is 0 Å². The zero-order chi connectivity index (χ0) is 12.8. The largest absolute Gasteiger partial charge is 0.493 e. The number of nitrogens with zero attached hydrogens (tertiary/aromatic N) is 1. The minimum absolute atomic E-state index is 0.00463. The third-order valence-corrected chi connectivity index (χ3v) is 2.06. The molecule has 0 saturated carbocycles. The van der Waals surface area contributed by atoms with Crippen LogP contribution in [0.25, 0.3) is 0 Å². The van der Waals surface area contributed by atoms with Gasteiger partial charge in [0.05, 0.1) is 18.1 Å². The predicted molar refractivity (Wildman–Crippen MR) is 60.2 cm³/mol. The molecule has 17 heavy (non-hydrogen) atoms. The summed E-state index contributed by atoms with van der Waals surface area (Å²) in [4.78, 5) is 10.0. The van der Waals surface area contributed by atoms with Gasteiger partial charge in [-0.3, -0.25) is 10.1 Å². The van der Waals surface area contributed by atoms with Crippen molar-refractivity contribution in [2.24, 2.45) is 5.73 Å². The first-order valence-electron chi connectivity index (χ1n) is 4.91. The lowest BCUT2D eigenvalue weighted by Gasteiger charge is -2.12. The number of benzene rings is 1. The number of nitrogens with two attached hydrogens (primary N) is 1. The molecule has 0 spiro atoms. The van der Waals surface area contributed by atoms with Crippen molar-refractivity contribution in [3.63, 3.8) is 0 Å². The van der Waals surface area contributed by atoms with Crippen molar-refractivity contribution in [1.29, 1.82) is 0 Å². The monoisotopic (exact) mass is 242 g/mol. The van der Waals surface area contributed by atoms with Crippen molar-refractivity contribution >= 4 is 5.69 Å². The molecular weight excluding hydrogens is 228 g/mol. The Balaban J connectivity index is 2.82. The van der Waals surface area contributed by atoms with E-state index in [2.05, 4.69) is 0 Å². The van der Waals surface area contributed by atoms with E-state index in [4.69, 9.17) is 15.2 Å². The van der Waals surface area contributed by atoms with Crippen LogP contribution in [0, 0.1) is 10.1 Å². The van der Waals surface area contributed by atoms with Gasteiger partial charge in [0.25, 0.3) is 5.69 Å². The lowest BCUT2D eigenvalue weighted by Crippen LogP contribution is -2.26. The molecule has 3 N–H and O–H groups in total. The van der Waals surface area contributed by atoms with E-state index in [1.165, 1.54) is 25.3 Å². The molecule has 0 bridgehead atoms. The van der Waals surface area contributed by atoms with Crippen LogP contribution in [0.4, 0.5) is 5.69 Å². The molecule has 1 rings (SSSR count). The Bertz CT molecular complexity index is 396. The summed E-state index contributed by atoms with van der Waals surface area (Å²) in [5.41, 5.74) is 5.13. The van der Waals surface area contributed by atoms with E-state index in [1.807, 2.05) is 0 Å². The minimum atomic E-state index is -0.783. The van der Waals surface area contributed by atoms with E-state index in [9.17, 15) is 15.2 Å². The maximum absolute atomic E-state index is 10.5. The Morgan fingerprint density at radius 1 is 1.53 bits per heavy atom. The number of nitro benzene ring substituents is 1. The van der Waals surface area contributed by atoms with Crippen LogP contribution in [0.2, 0.25) is 0 Å². The van der Waals surface area contributed by atoms with Gasteiger partial charge in [0, 0.05) is 12.6 Å². The maximum atomic E-state index is 10.5. The Labute approximate surface area is 97.9 Å². The van der Waals surface area contributed by atoms with Crippen LogP contribution in [0.5, 0.6) is 11.5 Å². The summed E-state index contributed by atoms with van der Waals surface area (Å²) < 4.78 is 10.2. The van der Waals surface area contributed by atoms with Gasteiger partial charge in [-0.05, 0) is 6.07 Å².